The molecular formula is C17H14N2O4. The van der Waals surface area contributed by atoms with Gasteiger partial charge in [0.2, 0.25) is 0 Å². The lowest BCUT2D eigenvalue weighted by atomic mass is 10.1. The van der Waals surface area contributed by atoms with E-state index in [0.29, 0.717) is 16.7 Å². The van der Waals surface area contributed by atoms with Crippen molar-refractivity contribution in [3.05, 3.63) is 80.7 Å². The summed E-state index contributed by atoms with van der Waals surface area (Å²) in [6.45, 7) is 1.95. The minimum Gasteiger partial charge on any atom is -0.423 e. The Morgan fingerprint density at radius 3 is 2.57 bits per heavy atom. The lowest BCUT2D eigenvalue weighted by molar-refractivity contribution is -0.384. The second kappa shape index (κ2) is 5.92. The SMILES string of the molecule is CC(Nc1cc(=O)oc2ccc([N+](=O)[O-])cc12)c1ccccc1. The van der Waals surface area contributed by atoms with Crippen molar-refractivity contribution in [3.8, 4) is 0 Å². The minimum absolute atomic E-state index is 0.0539. The Kier molecular flexibility index (Phi) is 3.80. The van der Waals surface area contributed by atoms with Gasteiger partial charge in [-0.25, -0.2) is 4.79 Å². The predicted octanol–water partition coefficient (Wildman–Crippen LogP) is 3.87. The van der Waals surface area contributed by atoms with Gasteiger partial charge >= 0.3 is 5.63 Å². The Labute approximate surface area is 131 Å². The van der Waals surface area contributed by atoms with Crippen LogP contribution >= 0.6 is 0 Å². The van der Waals surface area contributed by atoms with Crippen LogP contribution in [0.1, 0.15) is 18.5 Å². The Balaban J connectivity index is 2.06. The molecule has 1 heterocycles. The van der Waals surface area contributed by atoms with Gasteiger partial charge in [0.15, 0.2) is 0 Å². The minimum atomic E-state index is -0.505. The average Bonchev–Trinajstić information content (AvgIpc) is 2.55. The highest BCUT2D eigenvalue weighted by Gasteiger charge is 2.13. The van der Waals surface area contributed by atoms with Gasteiger partial charge in [-0.3, -0.25) is 10.1 Å². The Bertz CT molecular complexity index is 919. The molecule has 0 fully saturated rings. The normalized spacial score (nSPS) is 12.0. The summed E-state index contributed by atoms with van der Waals surface area (Å²) in [7, 11) is 0. The standard InChI is InChI=1S/C17H14N2O4/c1-11(12-5-3-2-4-6-12)18-15-10-17(20)23-16-8-7-13(19(21)22)9-14(15)16/h2-11,18H,1H3. The molecule has 6 nitrogen and oxygen atoms in total. The molecule has 0 spiro atoms. The van der Waals surface area contributed by atoms with Crippen LogP contribution in [0.5, 0.6) is 0 Å². The van der Waals surface area contributed by atoms with Gasteiger partial charge in [-0.15, -0.1) is 0 Å². The first-order valence-corrected chi connectivity index (χ1v) is 7.08. The Morgan fingerprint density at radius 2 is 1.87 bits per heavy atom. The first-order valence-electron chi connectivity index (χ1n) is 7.08. The molecule has 0 saturated heterocycles. The number of hydrogen-bond acceptors (Lipinski definition) is 5. The molecule has 0 aliphatic rings. The third kappa shape index (κ3) is 3.06. The van der Waals surface area contributed by atoms with Crippen LogP contribution in [0.4, 0.5) is 11.4 Å². The zero-order valence-corrected chi connectivity index (χ0v) is 12.4. The summed E-state index contributed by atoms with van der Waals surface area (Å²) < 4.78 is 5.11. The first-order chi connectivity index (χ1) is 11.0. The molecule has 3 rings (SSSR count). The molecule has 1 unspecified atom stereocenters. The van der Waals surface area contributed by atoms with E-state index < -0.39 is 10.5 Å². The third-order valence-corrected chi connectivity index (χ3v) is 3.61. The fourth-order valence-electron chi connectivity index (χ4n) is 2.44. The van der Waals surface area contributed by atoms with Crippen LogP contribution in [0.2, 0.25) is 0 Å². The molecule has 0 saturated carbocycles. The highest BCUT2D eigenvalue weighted by atomic mass is 16.6. The summed E-state index contributed by atoms with van der Waals surface area (Å²) in [6.07, 6.45) is 0. The van der Waals surface area contributed by atoms with E-state index in [1.807, 2.05) is 37.3 Å². The third-order valence-electron chi connectivity index (χ3n) is 3.61. The van der Waals surface area contributed by atoms with E-state index in [2.05, 4.69) is 5.32 Å². The highest BCUT2D eigenvalue weighted by Crippen LogP contribution is 2.28. The van der Waals surface area contributed by atoms with Crippen molar-refractivity contribution in [3.63, 3.8) is 0 Å². The maximum Gasteiger partial charge on any atom is 0.338 e. The van der Waals surface area contributed by atoms with E-state index in [-0.39, 0.29) is 11.7 Å². The van der Waals surface area contributed by atoms with Crippen LogP contribution in [-0.4, -0.2) is 4.92 Å². The molecule has 0 aliphatic heterocycles. The molecule has 0 aliphatic carbocycles. The molecule has 1 N–H and O–H groups in total. The second-order valence-corrected chi connectivity index (χ2v) is 5.19. The summed E-state index contributed by atoms with van der Waals surface area (Å²) in [5, 5.41) is 14.7. The first kappa shape index (κ1) is 14.8. The van der Waals surface area contributed by atoms with Crippen molar-refractivity contribution in [1.82, 2.24) is 0 Å². The predicted molar refractivity (Wildman–Crippen MR) is 87.6 cm³/mol. The number of nitrogens with one attached hydrogen (secondary N) is 1. The van der Waals surface area contributed by atoms with Gasteiger partial charge in [-0.05, 0) is 18.6 Å². The maximum atomic E-state index is 11.7. The van der Waals surface area contributed by atoms with Crippen molar-refractivity contribution >= 4 is 22.3 Å². The molecule has 2 aromatic carbocycles. The average molecular weight is 310 g/mol. The number of nitro benzene ring substituents is 1. The molecule has 0 amide bonds. The summed E-state index contributed by atoms with van der Waals surface area (Å²) >= 11 is 0. The molecule has 1 aromatic heterocycles. The molecule has 6 heteroatoms. The van der Waals surface area contributed by atoms with E-state index in [1.54, 1.807) is 0 Å². The zero-order valence-electron chi connectivity index (χ0n) is 12.4. The van der Waals surface area contributed by atoms with Crippen molar-refractivity contribution in [1.29, 1.82) is 0 Å². The molecule has 0 bridgehead atoms. The quantitative estimate of drug-likeness (QED) is 0.449. The topological polar surface area (TPSA) is 85.4 Å². The van der Waals surface area contributed by atoms with Crippen LogP contribution in [0.3, 0.4) is 0 Å². The van der Waals surface area contributed by atoms with Gasteiger partial charge in [-0.1, -0.05) is 30.3 Å². The largest absolute Gasteiger partial charge is 0.423 e. The Hall–Kier alpha value is -3.15. The lowest BCUT2D eigenvalue weighted by Gasteiger charge is -2.16. The van der Waals surface area contributed by atoms with Crippen molar-refractivity contribution in [2.45, 2.75) is 13.0 Å². The van der Waals surface area contributed by atoms with Crippen molar-refractivity contribution in [2.75, 3.05) is 5.32 Å². The van der Waals surface area contributed by atoms with E-state index in [9.17, 15) is 14.9 Å². The van der Waals surface area contributed by atoms with Gasteiger partial charge in [0.05, 0.1) is 10.6 Å². The van der Waals surface area contributed by atoms with Gasteiger partial charge in [0.25, 0.3) is 5.69 Å². The summed E-state index contributed by atoms with van der Waals surface area (Å²) in [5.41, 5.74) is 1.30. The summed E-state index contributed by atoms with van der Waals surface area (Å²) in [4.78, 5) is 22.2. The van der Waals surface area contributed by atoms with Crippen LogP contribution in [-0.2, 0) is 0 Å². The fourth-order valence-corrected chi connectivity index (χ4v) is 2.44. The number of rotatable bonds is 4. The number of benzene rings is 2. The van der Waals surface area contributed by atoms with Crippen LogP contribution < -0.4 is 10.9 Å². The van der Waals surface area contributed by atoms with Crippen LogP contribution in [0.25, 0.3) is 11.0 Å². The molecular weight excluding hydrogens is 296 g/mol. The van der Waals surface area contributed by atoms with E-state index in [4.69, 9.17) is 4.42 Å². The number of nitro groups is 1. The lowest BCUT2D eigenvalue weighted by Crippen LogP contribution is -2.09. The fraction of sp³-hybridized carbons (Fsp3) is 0.118. The van der Waals surface area contributed by atoms with Crippen molar-refractivity contribution < 1.29 is 9.34 Å². The summed E-state index contributed by atoms with van der Waals surface area (Å²) in [6, 6.07) is 15.1. The maximum absolute atomic E-state index is 11.7. The van der Waals surface area contributed by atoms with E-state index in [1.165, 1.54) is 24.3 Å². The molecule has 0 radical (unpaired) electrons. The second-order valence-electron chi connectivity index (χ2n) is 5.19. The molecule has 3 aromatic rings. The molecule has 23 heavy (non-hydrogen) atoms. The van der Waals surface area contributed by atoms with E-state index >= 15 is 0 Å². The van der Waals surface area contributed by atoms with Crippen molar-refractivity contribution in [2.24, 2.45) is 0 Å². The highest BCUT2D eigenvalue weighted by molar-refractivity contribution is 5.91. The zero-order chi connectivity index (χ0) is 16.4. The van der Waals surface area contributed by atoms with E-state index in [0.717, 1.165) is 5.56 Å². The van der Waals surface area contributed by atoms with Gasteiger partial charge in [-0.2, -0.15) is 0 Å². The number of anilines is 1. The number of fused-ring (bicyclic) bond motifs is 1. The molecule has 1 atom stereocenters. The summed E-state index contributed by atoms with van der Waals surface area (Å²) in [5.74, 6) is 0. The Morgan fingerprint density at radius 1 is 1.13 bits per heavy atom. The smallest absolute Gasteiger partial charge is 0.338 e. The van der Waals surface area contributed by atoms with Gasteiger partial charge < -0.3 is 9.73 Å². The monoisotopic (exact) mass is 310 g/mol. The van der Waals surface area contributed by atoms with Gasteiger partial charge in [0.1, 0.15) is 5.58 Å². The van der Waals surface area contributed by atoms with Gasteiger partial charge in [0, 0.05) is 29.6 Å². The molecule has 116 valence electrons. The number of nitrogens with zero attached hydrogens (tertiary/aromatic N) is 1. The number of hydrogen-bond donors (Lipinski definition) is 1. The van der Waals surface area contributed by atoms with Crippen LogP contribution in [0.15, 0.2) is 63.8 Å². The van der Waals surface area contributed by atoms with Crippen LogP contribution in [0, 0.1) is 10.1 Å². The number of non-ortho nitro benzene ring substituents is 1.